The molecule has 1 rings (SSSR count). The molecule has 5 nitrogen and oxygen atoms in total. The van der Waals surface area contributed by atoms with Crippen molar-refractivity contribution in [3.05, 3.63) is 35.4 Å². The largest absolute Gasteiger partial charge is 0.350 e. The number of benzene rings is 1. The van der Waals surface area contributed by atoms with Crippen LogP contribution in [-0.4, -0.2) is 37.2 Å². The summed E-state index contributed by atoms with van der Waals surface area (Å²) in [4.78, 5) is 24.1. The Labute approximate surface area is 157 Å². The van der Waals surface area contributed by atoms with Crippen LogP contribution < -0.4 is 5.32 Å². The highest BCUT2D eigenvalue weighted by Gasteiger charge is 2.15. The molecule has 1 amide bonds. The Bertz CT molecular complexity index is 708. The number of Topliss-reactive ketones (excluding diaryl/α,β-unsaturated/α-hetero) is 1. The molecule has 0 aliphatic heterocycles. The Morgan fingerprint density at radius 3 is 2.35 bits per heavy atom. The number of rotatable bonds is 11. The van der Waals surface area contributed by atoms with E-state index in [9.17, 15) is 18.0 Å². The van der Waals surface area contributed by atoms with E-state index in [4.69, 9.17) is 0 Å². The van der Waals surface area contributed by atoms with E-state index in [1.807, 2.05) is 19.9 Å². The molecule has 26 heavy (non-hydrogen) atoms. The van der Waals surface area contributed by atoms with Crippen LogP contribution in [0.2, 0.25) is 0 Å². The zero-order valence-corrected chi connectivity index (χ0v) is 17.1. The number of hydrogen-bond acceptors (Lipinski definition) is 4. The Morgan fingerprint density at radius 1 is 1.04 bits per heavy atom. The van der Waals surface area contributed by atoms with Crippen molar-refractivity contribution >= 4 is 21.5 Å². The van der Waals surface area contributed by atoms with Crippen LogP contribution in [0, 0.1) is 0 Å². The molecule has 0 aliphatic rings. The summed E-state index contributed by atoms with van der Waals surface area (Å²) >= 11 is 0. The van der Waals surface area contributed by atoms with E-state index in [2.05, 4.69) is 5.32 Å². The van der Waals surface area contributed by atoms with Gasteiger partial charge in [-0.2, -0.15) is 0 Å². The van der Waals surface area contributed by atoms with Crippen molar-refractivity contribution in [1.82, 2.24) is 5.32 Å². The lowest BCUT2D eigenvalue weighted by molar-refractivity contribution is -0.118. The van der Waals surface area contributed by atoms with E-state index < -0.39 is 9.84 Å². The number of nitrogens with one attached hydrogen (secondary N) is 1. The summed E-state index contributed by atoms with van der Waals surface area (Å²) < 4.78 is 23.4. The monoisotopic (exact) mass is 381 g/mol. The van der Waals surface area contributed by atoms with E-state index >= 15 is 0 Å². The highest BCUT2D eigenvalue weighted by Crippen LogP contribution is 2.11. The van der Waals surface area contributed by atoms with Gasteiger partial charge >= 0.3 is 0 Å². The van der Waals surface area contributed by atoms with Crippen molar-refractivity contribution in [2.75, 3.05) is 5.75 Å². The maximum atomic E-state index is 12.1. The fourth-order valence-corrected chi connectivity index (χ4v) is 3.60. The molecular weight excluding hydrogens is 350 g/mol. The summed E-state index contributed by atoms with van der Waals surface area (Å²) in [6, 6.07) is 7.19. The van der Waals surface area contributed by atoms with Crippen molar-refractivity contribution in [3.8, 4) is 0 Å². The van der Waals surface area contributed by atoms with Crippen LogP contribution in [0.25, 0.3) is 0 Å². The zero-order chi connectivity index (χ0) is 19.7. The highest BCUT2D eigenvalue weighted by atomic mass is 32.2. The molecule has 0 bridgehead atoms. The van der Waals surface area contributed by atoms with Crippen LogP contribution in [-0.2, 0) is 21.1 Å². The van der Waals surface area contributed by atoms with Gasteiger partial charge in [0.2, 0.25) is 0 Å². The fourth-order valence-electron chi connectivity index (χ4n) is 2.52. The second-order valence-electron chi connectivity index (χ2n) is 7.27. The number of hydrogen-bond donors (Lipinski definition) is 1. The number of ketones is 1. The lowest BCUT2D eigenvalue weighted by Crippen LogP contribution is -2.30. The third-order valence-electron chi connectivity index (χ3n) is 4.11. The van der Waals surface area contributed by atoms with Gasteiger partial charge in [0, 0.05) is 24.4 Å². The average Bonchev–Trinajstić information content (AvgIpc) is 2.53. The first kappa shape index (κ1) is 22.4. The molecule has 6 heteroatoms. The first-order valence-electron chi connectivity index (χ1n) is 9.25. The van der Waals surface area contributed by atoms with Gasteiger partial charge in [0.1, 0.15) is 5.78 Å². The van der Waals surface area contributed by atoms with Gasteiger partial charge in [-0.1, -0.05) is 18.6 Å². The van der Waals surface area contributed by atoms with Crippen molar-refractivity contribution in [3.63, 3.8) is 0 Å². The lowest BCUT2D eigenvalue weighted by Gasteiger charge is -2.09. The summed E-state index contributed by atoms with van der Waals surface area (Å²) in [6.07, 6.45) is 2.75. The summed E-state index contributed by atoms with van der Waals surface area (Å²) in [5.74, 6) is 0.157. The minimum atomic E-state index is -2.99. The van der Waals surface area contributed by atoms with Gasteiger partial charge in [0.05, 0.1) is 11.0 Å². The predicted molar refractivity (Wildman–Crippen MR) is 105 cm³/mol. The van der Waals surface area contributed by atoms with E-state index in [1.165, 1.54) is 0 Å². The molecule has 0 aliphatic carbocycles. The second-order valence-corrected chi connectivity index (χ2v) is 9.95. The van der Waals surface area contributed by atoms with Crippen LogP contribution in [0.5, 0.6) is 0 Å². The number of carbonyl (C=O) groups excluding carboxylic acids is 2. The average molecular weight is 382 g/mol. The Kier molecular flexibility index (Phi) is 8.99. The summed E-state index contributed by atoms with van der Waals surface area (Å²) in [5, 5.41) is 2.49. The fraction of sp³-hybridized carbons (Fsp3) is 0.600. The SMILES string of the molecule is CC(C)NC(=O)c1cccc(CC(=O)CCCCCS(=O)(=O)C(C)C)c1. The topological polar surface area (TPSA) is 80.3 Å². The normalized spacial score (nSPS) is 11.8. The third-order valence-corrected chi connectivity index (χ3v) is 6.41. The molecule has 146 valence electrons. The predicted octanol–water partition coefficient (Wildman–Crippen LogP) is 3.32. The highest BCUT2D eigenvalue weighted by molar-refractivity contribution is 7.91. The van der Waals surface area contributed by atoms with Gasteiger partial charge in [-0.25, -0.2) is 8.42 Å². The smallest absolute Gasteiger partial charge is 0.251 e. The minimum absolute atomic E-state index is 0.0623. The number of amides is 1. The Balaban J connectivity index is 2.41. The van der Waals surface area contributed by atoms with E-state index in [-0.39, 0.29) is 28.7 Å². The zero-order valence-electron chi connectivity index (χ0n) is 16.2. The first-order valence-corrected chi connectivity index (χ1v) is 11.0. The standard InChI is InChI=1S/C20H31NO4S/c1-15(2)21-20(23)18-10-8-9-17(13-18)14-19(22)11-6-5-7-12-26(24,25)16(3)4/h8-10,13,15-16H,5-7,11-12,14H2,1-4H3,(H,21,23). The van der Waals surface area contributed by atoms with Crippen LogP contribution in [0.15, 0.2) is 24.3 Å². The summed E-state index contributed by atoms with van der Waals surface area (Å²) in [7, 11) is -2.99. The molecule has 0 aromatic heterocycles. The molecule has 0 saturated heterocycles. The van der Waals surface area contributed by atoms with Gasteiger partial charge in [0.15, 0.2) is 9.84 Å². The molecule has 0 fully saturated rings. The second kappa shape index (κ2) is 10.5. The molecule has 1 N–H and O–H groups in total. The van der Waals surface area contributed by atoms with Gasteiger partial charge in [-0.15, -0.1) is 0 Å². The van der Waals surface area contributed by atoms with Gasteiger partial charge in [-0.05, 0) is 58.2 Å². The molecule has 1 aromatic rings. The Hall–Kier alpha value is -1.69. The number of carbonyl (C=O) groups is 2. The Morgan fingerprint density at radius 2 is 1.73 bits per heavy atom. The van der Waals surface area contributed by atoms with Gasteiger partial charge in [0.25, 0.3) is 5.91 Å². The third kappa shape index (κ3) is 8.13. The minimum Gasteiger partial charge on any atom is -0.350 e. The maximum absolute atomic E-state index is 12.1. The summed E-state index contributed by atoms with van der Waals surface area (Å²) in [6.45, 7) is 7.18. The molecule has 0 saturated carbocycles. The molecule has 0 atom stereocenters. The van der Waals surface area contributed by atoms with E-state index in [0.29, 0.717) is 31.2 Å². The van der Waals surface area contributed by atoms with E-state index in [1.54, 1.807) is 32.0 Å². The van der Waals surface area contributed by atoms with Crippen molar-refractivity contribution in [2.45, 2.75) is 71.1 Å². The van der Waals surface area contributed by atoms with E-state index in [0.717, 1.165) is 12.0 Å². The maximum Gasteiger partial charge on any atom is 0.251 e. The van der Waals surface area contributed by atoms with Crippen LogP contribution >= 0.6 is 0 Å². The van der Waals surface area contributed by atoms with Gasteiger partial charge in [-0.3, -0.25) is 9.59 Å². The number of sulfone groups is 1. The summed E-state index contributed by atoms with van der Waals surface area (Å²) in [5.41, 5.74) is 1.39. The van der Waals surface area contributed by atoms with Crippen molar-refractivity contribution < 1.29 is 18.0 Å². The molecule has 0 radical (unpaired) electrons. The number of unbranched alkanes of at least 4 members (excludes halogenated alkanes) is 2. The van der Waals surface area contributed by atoms with Crippen LogP contribution in [0.4, 0.5) is 0 Å². The van der Waals surface area contributed by atoms with Crippen LogP contribution in [0.1, 0.15) is 69.3 Å². The molecule has 0 spiro atoms. The lowest BCUT2D eigenvalue weighted by atomic mass is 10.0. The van der Waals surface area contributed by atoms with Gasteiger partial charge < -0.3 is 5.32 Å². The van der Waals surface area contributed by atoms with Crippen molar-refractivity contribution in [2.24, 2.45) is 0 Å². The van der Waals surface area contributed by atoms with Crippen molar-refractivity contribution in [1.29, 1.82) is 0 Å². The first-order chi connectivity index (χ1) is 12.1. The molecule has 0 unspecified atom stereocenters. The molecular formula is C20H31NO4S. The van der Waals surface area contributed by atoms with Crippen LogP contribution in [0.3, 0.4) is 0 Å². The molecule has 0 heterocycles. The molecule has 1 aromatic carbocycles. The quantitative estimate of drug-likeness (QED) is 0.596.